The van der Waals surface area contributed by atoms with Gasteiger partial charge >= 0.3 is 0 Å². The number of hydrogen-bond acceptors (Lipinski definition) is 2. The van der Waals surface area contributed by atoms with E-state index >= 15 is 0 Å². The van der Waals surface area contributed by atoms with Crippen molar-refractivity contribution in [2.75, 3.05) is 5.75 Å². The fourth-order valence-corrected chi connectivity index (χ4v) is 5.09. The second-order valence-electron chi connectivity index (χ2n) is 6.90. The molecule has 0 aliphatic carbocycles. The number of benzene rings is 2. The Balaban J connectivity index is 2.09. The van der Waals surface area contributed by atoms with E-state index in [1.165, 1.54) is 0 Å². The molecule has 3 heteroatoms. The van der Waals surface area contributed by atoms with Crippen LogP contribution in [-0.4, -0.2) is 14.2 Å². The highest BCUT2D eigenvalue weighted by Gasteiger charge is 2.35. The van der Waals surface area contributed by atoms with Crippen molar-refractivity contribution in [3.05, 3.63) is 65.2 Å². The van der Waals surface area contributed by atoms with E-state index < -0.39 is 9.84 Å². The fourth-order valence-electron chi connectivity index (χ4n) is 3.10. The van der Waals surface area contributed by atoms with Crippen LogP contribution in [0.1, 0.15) is 43.9 Å². The van der Waals surface area contributed by atoms with E-state index in [4.69, 9.17) is 0 Å². The standard InChI is InChI=1S/C20H22O2S/c1-15(13-16-7-5-4-6-8-16)17-9-10-18-19(14-17)23(21,22)12-11-20(18,2)3/h4-10,13-14H,11-12H2,1-3H3. The SMILES string of the molecule is CC(=Cc1ccccc1)c1ccc2c(c1)S(=O)(=O)CCC2(C)C. The van der Waals surface area contributed by atoms with E-state index in [1.54, 1.807) is 0 Å². The van der Waals surface area contributed by atoms with Crippen LogP contribution in [0.15, 0.2) is 53.4 Å². The third kappa shape index (κ3) is 3.11. The zero-order valence-electron chi connectivity index (χ0n) is 13.8. The molecule has 0 radical (unpaired) electrons. The molecule has 0 saturated carbocycles. The molecular formula is C20H22O2S. The molecule has 0 fully saturated rings. The quantitative estimate of drug-likeness (QED) is 0.750. The van der Waals surface area contributed by atoms with Gasteiger partial charge in [-0.2, -0.15) is 0 Å². The molecule has 2 aromatic carbocycles. The molecule has 0 unspecified atom stereocenters. The largest absolute Gasteiger partial charge is 0.224 e. The second-order valence-corrected chi connectivity index (χ2v) is 8.98. The normalized spacial score (nSPS) is 19.2. The second kappa shape index (κ2) is 5.64. The van der Waals surface area contributed by atoms with Gasteiger partial charge in [-0.25, -0.2) is 8.42 Å². The lowest BCUT2D eigenvalue weighted by Crippen LogP contribution is -2.30. The minimum atomic E-state index is -3.17. The van der Waals surface area contributed by atoms with Gasteiger partial charge in [0.2, 0.25) is 0 Å². The molecule has 0 spiro atoms. The summed E-state index contributed by atoms with van der Waals surface area (Å²) in [7, 11) is -3.17. The highest BCUT2D eigenvalue weighted by atomic mass is 32.2. The summed E-state index contributed by atoms with van der Waals surface area (Å²) in [6.07, 6.45) is 2.77. The van der Waals surface area contributed by atoms with Gasteiger partial charge in [-0.15, -0.1) is 0 Å². The molecular weight excluding hydrogens is 304 g/mol. The van der Waals surface area contributed by atoms with Gasteiger partial charge in [-0.3, -0.25) is 0 Å². The van der Waals surface area contributed by atoms with Crippen molar-refractivity contribution in [2.45, 2.75) is 37.5 Å². The van der Waals surface area contributed by atoms with Crippen LogP contribution < -0.4 is 0 Å². The van der Waals surface area contributed by atoms with Crippen LogP contribution in [0.5, 0.6) is 0 Å². The molecule has 0 amide bonds. The van der Waals surface area contributed by atoms with Crippen LogP contribution in [0.2, 0.25) is 0 Å². The van der Waals surface area contributed by atoms with Crippen molar-refractivity contribution in [1.82, 2.24) is 0 Å². The average molecular weight is 326 g/mol. The molecule has 0 saturated heterocycles. The highest BCUT2D eigenvalue weighted by Crippen LogP contribution is 2.39. The first-order chi connectivity index (χ1) is 10.8. The van der Waals surface area contributed by atoms with Gasteiger partial charge in [0.1, 0.15) is 0 Å². The van der Waals surface area contributed by atoms with Crippen LogP contribution in [0.25, 0.3) is 11.6 Å². The summed E-state index contributed by atoms with van der Waals surface area (Å²) in [6.45, 7) is 6.26. The van der Waals surface area contributed by atoms with Crippen LogP contribution in [0.3, 0.4) is 0 Å². The van der Waals surface area contributed by atoms with Gasteiger partial charge < -0.3 is 0 Å². The molecule has 120 valence electrons. The lowest BCUT2D eigenvalue weighted by Gasteiger charge is -2.32. The first kappa shape index (κ1) is 16.0. The van der Waals surface area contributed by atoms with Gasteiger partial charge in [-0.05, 0) is 47.1 Å². The first-order valence-corrected chi connectivity index (χ1v) is 9.56. The van der Waals surface area contributed by atoms with Crippen molar-refractivity contribution in [3.8, 4) is 0 Å². The Morgan fingerprint density at radius 1 is 1.09 bits per heavy atom. The van der Waals surface area contributed by atoms with Crippen molar-refractivity contribution < 1.29 is 8.42 Å². The fraction of sp³-hybridized carbons (Fsp3) is 0.300. The minimum absolute atomic E-state index is 0.0871. The van der Waals surface area contributed by atoms with Crippen molar-refractivity contribution in [2.24, 2.45) is 0 Å². The maximum absolute atomic E-state index is 12.5. The summed E-state index contributed by atoms with van der Waals surface area (Å²) in [4.78, 5) is 0.507. The smallest absolute Gasteiger partial charge is 0.178 e. The number of allylic oxidation sites excluding steroid dienone is 1. The van der Waals surface area contributed by atoms with E-state index in [-0.39, 0.29) is 11.2 Å². The number of hydrogen-bond donors (Lipinski definition) is 0. The maximum Gasteiger partial charge on any atom is 0.178 e. The Morgan fingerprint density at radius 3 is 2.48 bits per heavy atom. The predicted molar refractivity (Wildman–Crippen MR) is 96.1 cm³/mol. The van der Waals surface area contributed by atoms with Gasteiger partial charge in [0, 0.05) is 0 Å². The number of fused-ring (bicyclic) bond motifs is 1. The number of sulfone groups is 1. The molecule has 1 heterocycles. The van der Waals surface area contributed by atoms with Gasteiger partial charge in [0.15, 0.2) is 9.84 Å². The molecule has 1 aliphatic heterocycles. The molecule has 1 aliphatic rings. The predicted octanol–water partition coefficient (Wildman–Crippen LogP) is 4.70. The Hall–Kier alpha value is -1.87. The van der Waals surface area contributed by atoms with Crippen molar-refractivity contribution in [1.29, 1.82) is 0 Å². The van der Waals surface area contributed by atoms with Crippen molar-refractivity contribution >= 4 is 21.5 Å². The van der Waals surface area contributed by atoms with Crippen LogP contribution in [0.4, 0.5) is 0 Å². The summed E-state index contributed by atoms with van der Waals surface area (Å²) >= 11 is 0. The lowest BCUT2D eigenvalue weighted by molar-refractivity contribution is 0.473. The van der Waals surface area contributed by atoms with Crippen molar-refractivity contribution in [3.63, 3.8) is 0 Å². The zero-order chi connectivity index (χ0) is 16.7. The van der Waals surface area contributed by atoms with Gasteiger partial charge in [0.25, 0.3) is 0 Å². The van der Waals surface area contributed by atoms with E-state index in [9.17, 15) is 8.42 Å². The van der Waals surface area contributed by atoms with E-state index in [1.807, 2.05) is 55.5 Å². The Labute approximate surface area is 138 Å². The number of rotatable bonds is 2. The summed E-state index contributed by atoms with van der Waals surface area (Å²) in [5, 5.41) is 0. The molecule has 2 nitrogen and oxygen atoms in total. The first-order valence-electron chi connectivity index (χ1n) is 7.91. The molecule has 0 aromatic heterocycles. The van der Waals surface area contributed by atoms with Gasteiger partial charge in [0.05, 0.1) is 10.6 Å². The summed E-state index contributed by atoms with van der Waals surface area (Å²) in [5.74, 6) is 0.234. The molecule has 2 aromatic rings. The van der Waals surface area contributed by atoms with Crippen LogP contribution in [0, 0.1) is 0 Å². The topological polar surface area (TPSA) is 34.1 Å². The molecule has 0 bridgehead atoms. The van der Waals surface area contributed by atoms with Crippen LogP contribution in [-0.2, 0) is 15.3 Å². The molecule has 3 rings (SSSR count). The maximum atomic E-state index is 12.5. The average Bonchev–Trinajstić information content (AvgIpc) is 2.52. The van der Waals surface area contributed by atoms with Gasteiger partial charge in [-0.1, -0.05) is 62.4 Å². The molecule has 23 heavy (non-hydrogen) atoms. The highest BCUT2D eigenvalue weighted by molar-refractivity contribution is 7.91. The lowest BCUT2D eigenvalue weighted by atomic mass is 9.81. The van der Waals surface area contributed by atoms with E-state index in [0.29, 0.717) is 11.3 Å². The van der Waals surface area contributed by atoms with E-state index in [2.05, 4.69) is 19.9 Å². The third-order valence-electron chi connectivity index (χ3n) is 4.68. The van der Waals surface area contributed by atoms with E-state index in [0.717, 1.165) is 22.3 Å². The monoisotopic (exact) mass is 326 g/mol. The molecule has 0 N–H and O–H groups in total. The Morgan fingerprint density at radius 2 is 1.78 bits per heavy atom. The molecule has 0 atom stereocenters. The van der Waals surface area contributed by atoms with Crippen LogP contribution >= 0.6 is 0 Å². The summed E-state index contributed by atoms with van der Waals surface area (Å²) in [5.41, 5.74) is 4.01. The summed E-state index contributed by atoms with van der Waals surface area (Å²) < 4.78 is 24.9. The minimum Gasteiger partial charge on any atom is -0.224 e. The zero-order valence-corrected chi connectivity index (χ0v) is 14.7. The third-order valence-corrected chi connectivity index (χ3v) is 6.43. The Kier molecular flexibility index (Phi) is 3.93. The summed E-state index contributed by atoms with van der Waals surface area (Å²) in [6, 6.07) is 15.9. The Bertz CT molecular complexity index is 860.